The fraction of sp³-hybridized carbons (Fsp3) is 0.500. The Morgan fingerprint density at radius 1 is 1.39 bits per heavy atom. The number of nitrogen functional groups attached to an aromatic ring is 1. The number of nitrogens with zero attached hydrogens (tertiary/aromatic N) is 4. The Hall–Kier alpha value is -2.44. The zero-order valence-electron chi connectivity index (χ0n) is 13.1. The van der Waals surface area contributed by atoms with Crippen LogP contribution < -0.4 is 5.73 Å². The first-order chi connectivity index (χ1) is 11.1. The van der Waals surface area contributed by atoms with Crippen LogP contribution in [0, 0.1) is 6.92 Å². The number of oxazole rings is 1. The second-order valence-corrected chi connectivity index (χ2v) is 6.47. The summed E-state index contributed by atoms with van der Waals surface area (Å²) >= 11 is 0. The van der Waals surface area contributed by atoms with Crippen molar-refractivity contribution in [1.29, 1.82) is 0 Å². The van der Waals surface area contributed by atoms with Gasteiger partial charge >= 0.3 is 0 Å². The average molecular weight is 313 g/mol. The molecule has 0 bridgehead atoms. The number of likely N-dealkylation sites (tertiary alicyclic amines) is 1. The number of hydrogen-bond acceptors (Lipinski definition) is 6. The molecule has 2 aromatic heterocycles. The third-order valence-electron chi connectivity index (χ3n) is 5.07. The Balaban J connectivity index is 1.65. The number of nitrogens with two attached hydrogens (primary N) is 1. The predicted molar refractivity (Wildman–Crippen MR) is 82.8 cm³/mol. The summed E-state index contributed by atoms with van der Waals surface area (Å²) in [6.07, 6.45) is 7.06. The van der Waals surface area contributed by atoms with Gasteiger partial charge in [0.1, 0.15) is 5.76 Å². The maximum atomic E-state index is 12.7. The van der Waals surface area contributed by atoms with Crippen LogP contribution in [-0.4, -0.2) is 38.8 Å². The smallest absolute Gasteiger partial charge is 0.276 e. The molecular weight excluding hydrogens is 294 g/mol. The Kier molecular flexibility index (Phi) is 3.11. The number of aryl methyl sites for hydroxylation is 2. The highest BCUT2D eigenvalue weighted by Gasteiger charge is 2.45. The van der Waals surface area contributed by atoms with E-state index in [4.69, 9.17) is 10.2 Å². The van der Waals surface area contributed by atoms with E-state index in [2.05, 4.69) is 15.0 Å². The molecule has 120 valence electrons. The van der Waals surface area contributed by atoms with Crippen LogP contribution in [0.5, 0.6) is 0 Å². The quantitative estimate of drug-likeness (QED) is 0.856. The largest absolute Gasteiger partial charge is 0.448 e. The minimum absolute atomic E-state index is 0.0641. The highest BCUT2D eigenvalue weighted by Crippen LogP contribution is 2.44. The molecule has 1 saturated heterocycles. The zero-order chi connectivity index (χ0) is 16.0. The van der Waals surface area contributed by atoms with Gasteiger partial charge in [-0.2, -0.15) is 0 Å². The molecule has 4 rings (SSSR count). The third kappa shape index (κ3) is 2.18. The number of aromatic nitrogens is 3. The molecular formula is C16H19N5O2. The fourth-order valence-corrected chi connectivity index (χ4v) is 3.92. The van der Waals surface area contributed by atoms with Crippen molar-refractivity contribution in [3.63, 3.8) is 0 Å². The summed E-state index contributed by atoms with van der Waals surface area (Å²) in [4.78, 5) is 27.3. The third-order valence-corrected chi connectivity index (χ3v) is 5.07. The molecule has 1 aliphatic heterocycles. The minimum atomic E-state index is -0.0993. The lowest BCUT2D eigenvalue weighted by molar-refractivity contribution is 0.0626. The van der Waals surface area contributed by atoms with Crippen molar-refractivity contribution in [1.82, 2.24) is 19.9 Å². The molecule has 2 aliphatic rings. The van der Waals surface area contributed by atoms with Crippen molar-refractivity contribution in [2.45, 2.75) is 38.0 Å². The Labute approximate surface area is 133 Å². The molecule has 0 aromatic carbocycles. The van der Waals surface area contributed by atoms with E-state index >= 15 is 0 Å². The lowest BCUT2D eigenvalue weighted by atomic mass is 9.77. The molecule has 7 nitrogen and oxygen atoms in total. The summed E-state index contributed by atoms with van der Waals surface area (Å²) in [5.41, 5.74) is 8.28. The molecule has 0 radical (unpaired) electrons. The molecule has 2 aromatic rings. The van der Waals surface area contributed by atoms with Crippen molar-refractivity contribution >= 4 is 11.9 Å². The summed E-state index contributed by atoms with van der Waals surface area (Å²) in [6.45, 7) is 3.16. The van der Waals surface area contributed by atoms with E-state index in [1.807, 2.05) is 11.1 Å². The lowest BCUT2D eigenvalue weighted by Gasteiger charge is -2.40. The summed E-state index contributed by atoms with van der Waals surface area (Å²) in [7, 11) is 0. The van der Waals surface area contributed by atoms with Crippen molar-refractivity contribution in [3.8, 4) is 0 Å². The Bertz CT molecular complexity index is 768. The first kappa shape index (κ1) is 14.2. The van der Waals surface area contributed by atoms with Gasteiger partial charge in [-0.05, 0) is 38.2 Å². The number of rotatable bonds is 1. The number of carbonyl (C=O) groups is 1. The molecule has 1 unspecified atom stereocenters. The number of piperidine rings is 1. The van der Waals surface area contributed by atoms with E-state index in [1.54, 1.807) is 6.92 Å². The number of amides is 1. The SMILES string of the molecule is Cc1ocnc1C(=O)N1CCCC2(CCc3cnc(N)nc32)C1. The molecule has 1 fully saturated rings. The summed E-state index contributed by atoms with van der Waals surface area (Å²) in [5.74, 6) is 0.805. The topological polar surface area (TPSA) is 98.1 Å². The van der Waals surface area contributed by atoms with Gasteiger partial charge in [0.2, 0.25) is 5.95 Å². The highest BCUT2D eigenvalue weighted by atomic mass is 16.3. The summed E-state index contributed by atoms with van der Waals surface area (Å²) in [5, 5.41) is 0. The molecule has 7 heteroatoms. The second kappa shape index (κ2) is 5.04. The molecule has 23 heavy (non-hydrogen) atoms. The van der Waals surface area contributed by atoms with Crippen LogP contribution in [0.15, 0.2) is 17.0 Å². The van der Waals surface area contributed by atoms with Gasteiger partial charge in [0.05, 0.1) is 5.69 Å². The van der Waals surface area contributed by atoms with Gasteiger partial charge in [-0.15, -0.1) is 0 Å². The number of carbonyl (C=O) groups excluding carboxylic acids is 1. The van der Waals surface area contributed by atoms with Crippen LogP contribution in [-0.2, 0) is 11.8 Å². The van der Waals surface area contributed by atoms with Crippen LogP contribution in [0.1, 0.15) is 46.8 Å². The minimum Gasteiger partial charge on any atom is -0.448 e. The van der Waals surface area contributed by atoms with Gasteiger partial charge in [0.25, 0.3) is 5.91 Å². The molecule has 2 N–H and O–H groups in total. The van der Waals surface area contributed by atoms with Crippen molar-refractivity contribution in [3.05, 3.63) is 35.3 Å². The van der Waals surface area contributed by atoms with E-state index in [0.29, 0.717) is 23.9 Å². The van der Waals surface area contributed by atoms with Crippen LogP contribution in [0.4, 0.5) is 5.95 Å². The summed E-state index contributed by atoms with van der Waals surface area (Å²) < 4.78 is 5.17. The predicted octanol–water partition coefficient (Wildman–Crippen LogP) is 1.48. The monoisotopic (exact) mass is 313 g/mol. The number of hydrogen-bond donors (Lipinski definition) is 1. The van der Waals surface area contributed by atoms with Crippen molar-refractivity contribution in [2.75, 3.05) is 18.8 Å². The number of anilines is 1. The molecule has 0 saturated carbocycles. The Morgan fingerprint density at radius 2 is 2.26 bits per heavy atom. The molecule has 1 atom stereocenters. The van der Waals surface area contributed by atoms with Crippen molar-refractivity contribution in [2.24, 2.45) is 0 Å². The first-order valence-electron chi connectivity index (χ1n) is 7.90. The second-order valence-electron chi connectivity index (χ2n) is 6.47. The van der Waals surface area contributed by atoms with E-state index in [1.165, 1.54) is 6.39 Å². The molecule has 1 spiro atoms. The van der Waals surface area contributed by atoms with Gasteiger partial charge < -0.3 is 15.1 Å². The highest BCUT2D eigenvalue weighted by molar-refractivity contribution is 5.93. The van der Waals surface area contributed by atoms with Crippen LogP contribution in [0.2, 0.25) is 0 Å². The van der Waals surface area contributed by atoms with Crippen molar-refractivity contribution < 1.29 is 9.21 Å². The van der Waals surface area contributed by atoms with Crippen LogP contribution in [0.3, 0.4) is 0 Å². The molecule has 1 amide bonds. The maximum Gasteiger partial charge on any atom is 0.276 e. The first-order valence-corrected chi connectivity index (χ1v) is 7.90. The van der Waals surface area contributed by atoms with E-state index < -0.39 is 0 Å². The molecule has 3 heterocycles. The zero-order valence-corrected chi connectivity index (χ0v) is 13.1. The lowest BCUT2D eigenvalue weighted by Crippen LogP contribution is -2.48. The van der Waals surface area contributed by atoms with E-state index in [0.717, 1.165) is 43.5 Å². The Morgan fingerprint density at radius 3 is 3.04 bits per heavy atom. The fourth-order valence-electron chi connectivity index (χ4n) is 3.92. The number of fused-ring (bicyclic) bond motifs is 2. The normalized spacial score (nSPS) is 23.3. The average Bonchev–Trinajstić information content (AvgIpc) is 3.12. The summed E-state index contributed by atoms with van der Waals surface area (Å²) in [6, 6.07) is 0. The van der Waals surface area contributed by atoms with Crippen LogP contribution >= 0.6 is 0 Å². The van der Waals surface area contributed by atoms with Gasteiger partial charge in [-0.3, -0.25) is 4.79 Å². The van der Waals surface area contributed by atoms with Gasteiger partial charge in [-0.1, -0.05) is 0 Å². The maximum absolute atomic E-state index is 12.7. The van der Waals surface area contributed by atoms with E-state index in [9.17, 15) is 4.79 Å². The van der Waals surface area contributed by atoms with Gasteiger partial charge in [0, 0.05) is 24.7 Å². The van der Waals surface area contributed by atoms with E-state index in [-0.39, 0.29) is 11.3 Å². The molecule has 1 aliphatic carbocycles. The van der Waals surface area contributed by atoms with Crippen LogP contribution in [0.25, 0.3) is 0 Å². The van der Waals surface area contributed by atoms with Gasteiger partial charge in [0.15, 0.2) is 12.1 Å². The van der Waals surface area contributed by atoms with Gasteiger partial charge in [-0.25, -0.2) is 15.0 Å². The standard InChI is InChI=1S/C16H19N5O2/c1-10-12(19-9-23-10)14(22)21-6-2-4-16(8-21)5-3-11-7-18-15(17)20-13(11)16/h7,9H,2-6,8H2,1H3,(H2,17,18,20).